The molecule has 1 aromatic heterocycles. The maximum absolute atomic E-state index is 15.8. The summed E-state index contributed by atoms with van der Waals surface area (Å²) in [5.74, 6) is -7.61. The van der Waals surface area contributed by atoms with Crippen molar-refractivity contribution in [3.8, 4) is 11.1 Å². The van der Waals surface area contributed by atoms with Gasteiger partial charge in [0.15, 0.2) is 17.1 Å². The van der Waals surface area contributed by atoms with Gasteiger partial charge in [-0.3, -0.25) is 9.59 Å². The molecule has 0 spiro atoms. The predicted molar refractivity (Wildman–Crippen MR) is 198 cm³/mol. The van der Waals surface area contributed by atoms with E-state index in [2.05, 4.69) is 0 Å². The average Bonchev–Trinajstić information content (AvgIpc) is 3.33. The second kappa shape index (κ2) is 16.7. The van der Waals surface area contributed by atoms with Gasteiger partial charge < -0.3 is 19.1 Å². The summed E-state index contributed by atoms with van der Waals surface area (Å²) in [6.45, 7) is -20.4. The highest BCUT2D eigenvalue weighted by molar-refractivity contribution is 7.98. The van der Waals surface area contributed by atoms with Crippen LogP contribution in [0.5, 0.6) is 0 Å². The lowest BCUT2D eigenvalue weighted by molar-refractivity contribution is -0.138. The largest absolute Gasteiger partial charge is 0.416 e. The molecule has 5 aromatic rings. The van der Waals surface area contributed by atoms with Crippen LogP contribution in [0.15, 0.2) is 100 Å². The summed E-state index contributed by atoms with van der Waals surface area (Å²) in [6.07, 6.45) is -15.1. The number of carbonyl (C=O) groups is 1. The van der Waals surface area contributed by atoms with Crippen molar-refractivity contribution in [2.24, 2.45) is 0 Å². The van der Waals surface area contributed by atoms with E-state index in [1.807, 2.05) is 0 Å². The third-order valence-corrected chi connectivity index (χ3v) is 7.94. The third kappa shape index (κ3) is 9.00. The van der Waals surface area contributed by atoms with Crippen LogP contribution >= 0.6 is 11.8 Å². The lowest BCUT2D eigenvalue weighted by Crippen LogP contribution is -2.48. The van der Waals surface area contributed by atoms with Crippen LogP contribution in [-0.2, 0) is 34.5 Å². The number of benzene rings is 4. The fraction of sp³-hybridized carbons (Fsp3) is 0.317. The van der Waals surface area contributed by atoms with Crippen molar-refractivity contribution in [1.82, 2.24) is 14.4 Å². The minimum atomic E-state index is -5.39. The van der Waals surface area contributed by atoms with Gasteiger partial charge in [0, 0.05) is 75.6 Å². The van der Waals surface area contributed by atoms with Gasteiger partial charge in [0.2, 0.25) is 5.91 Å². The fourth-order valence-electron chi connectivity index (χ4n) is 4.47. The summed E-state index contributed by atoms with van der Waals surface area (Å²) in [6, 6.07) is -26.7. The molecule has 0 N–H and O–H groups in total. The van der Waals surface area contributed by atoms with E-state index in [1.54, 1.807) is 0 Å². The smallest absolute Gasteiger partial charge is 0.383 e. The number of rotatable bonds is 12. The number of pyridine rings is 1. The number of carbonyl (C=O) groups excluding carboxylic acids is 1. The van der Waals surface area contributed by atoms with Crippen LogP contribution in [0, 0.1) is 18.6 Å². The van der Waals surface area contributed by atoms with Gasteiger partial charge in [-0.1, -0.05) is 60.4 Å². The number of hydrogen-bond acceptors (Lipinski definition) is 5. The molecule has 6 nitrogen and oxygen atoms in total. The molecule has 278 valence electrons. The lowest BCUT2D eigenvalue weighted by atomic mass is 9.98. The summed E-state index contributed by atoms with van der Waals surface area (Å²) in [7, 11) is 0.792. The number of para-hydroxylation sites is 1. The summed E-state index contributed by atoms with van der Waals surface area (Å²) in [4.78, 5) is 28.1. The zero-order valence-electron chi connectivity index (χ0n) is 55.0. The number of halogens is 5. The molecular formula is C41H40F5N3O3S. The van der Waals surface area contributed by atoms with Crippen molar-refractivity contribution in [3.63, 3.8) is 0 Å². The Balaban J connectivity index is 1.80. The first-order valence-corrected chi connectivity index (χ1v) is 15.7. The van der Waals surface area contributed by atoms with Gasteiger partial charge >= 0.3 is 6.18 Å². The number of ether oxygens (including phenoxy) is 1. The van der Waals surface area contributed by atoms with Gasteiger partial charge in [0.25, 0.3) is 0 Å². The molecule has 0 saturated carbocycles. The fourth-order valence-corrected chi connectivity index (χ4v) is 5.43. The van der Waals surface area contributed by atoms with Gasteiger partial charge in [0.05, 0.1) is 47.4 Å². The summed E-state index contributed by atoms with van der Waals surface area (Å²) in [5, 5.41) is -2.32. The molecule has 6 rings (SSSR count). The molecule has 1 aliphatic heterocycles. The van der Waals surface area contributed by atoms with Crippen molar-refractivity contribution >= 4 is 28.6 Å². The van der Waals surface area contributed by atoms with E-state index in [9.17, 15) is 32.0 Å². The van der Waals surface area contributed by atoms with Crippen molar-refractivity contribution < 1.29 is 69.9 Å². The van der Waals surface area contributed by atoms with E-state index in [1.165, 1.54) is 0 Å². The Bertz CT molecular complexity index is 3470. The molecule has 0 atom stereocenters. The normalized spacial score (nSPS) is 26.7. The molecule has 0 aliphatic carbocycles. The maximum atomic E-state index is 15.8. The highest BCUT2D eigenvalue weighted by Gasteiger charge is 2.32. The molecule has 0 unspecified atom stereocenters. The molecule has 53 heavy (non-hydrogen) atoms. The Hall–Kier alpha value is -4.52. The van der Waals surface area contributed by atoms with E-state index in [4.69, 9.17) is 33.5 Å². The van der Waals surface area contributed by atoms with Crippen LogP contribution in [0.3, 0.4) is 0 Å². The Morgan fingerprint density at radius 2 is 1.74 bits per heavy atom. The van der Waals surface area contributed by atoms with Gasteiger partial charge in [-0.15, -0.1) is 11.8 Å². The SMILES string of the molecule is [2H]c1c([2H])c(F)c(F)c(CSc2c([2H])c(=O)c3c([2H])c([2H])c([2H])c([2H])c3n2CC(=O)N(C([2H])([2H])c2c([2H])c([2H])c(-c3c([2H])c([2H])c(C(F)(F)F)c(C)c3[2H])c([2H])c2[2H])C2([2H])C([2H])([2H])C([2H])([2H])N(C([2H])([2H])COC)C([2H])([2H])C2([2H])[2H])c1[2H]. The second-order valence-electron chi connectivity index (χ2n) is 10.4. The number of fused-ring (bicyclic) bond motifs is 1. The van der Waals surface area contributed by atoms with E-state index < -0.39 is 243 Å². The summed E-state index contributed by atoms with van der Waals surface area (Å²) in [5.41, 5.74) is -11.2. The first-order chi connectivity index (χ1) is 36.6. The van der Waals surface area contributed by atoms with Crippen LogP contribution in [0.25, 0.3) is 22.0 Å². The van der Waals surface area contributed by atoms with Crippen LogP contribution in [-0.4, -0.2) is 59.5 Å². The molecule has 1 amide bonds. The number of amides is 1. The maximum Gasteiger partial charge on any atom is 0.416 e. The van der Waals surface area contributed by atoms with Crippen molar-refractivity contribution in [3.05, 3.63) is 135 Å². The molecule has 1 saturated heterocycles. The number of methoxy groups -OCH3 is 1. The first-order valence-electron chi connectivity index (χ1n) is 28.7. The Kier molecular flexibility index (Phi) is 5.17. The lowest BCUT2D eigenvalue weighted by Gasteiger charge is -2.39. The van der Waals surface area contributed by atoms with Crippen molar-refractivity contribution in [1.29, 1.82) is 0 Å². The predicted octanol–water partition coefficient (Wildman–Crippen LogP) is 8.71. The topological polar surface area (TPSA) is 54.8 Å². The van der Waals surface area contributed by atoms with Gasteiger partial charge in [-0.25, -0.2) is 8.78 Å². The van der Waals surface area contributed by atoms with Crippen LogP contribution < -0.4 is 5.43 Å². The molecule has 2 heterocycles. The second-order valence-corrected chi connectivity index (χ2v) is 11.4. The molecule has 4 aromatic carbocycles. The third-order valence-electron chi connectivity index (χ3n) is 6.91. The number of hydrogen-bond donors (Lipinski definition) is 0. The minimum absolute atomic E-state index is 0.0585. The molecule has 1 fully saturated rings. The summed E-state index contributed by atoms with van der Waals surface area (Å²) < 4.78 is 325. The molecule has 0 bridgehead atoms. The number of piperidine rings is 1. The highest BCUT2D eigenvalue weighted by atomic mass is 32.2. The molecule has 0 radical (unpaired) electrons. The van der Waals surface area contributed by atoms with E-state index in [0.717, 1.165) is 7.11 Å². The summed E-state index contributed by atoms with van der Waals surface area (Å²) >= 11 is -0.0585. The van der Waals surface area contributed by atoms with Crippen molar-refractivity contribution in [2.75, 3.05) is 33.2 Å². The zero-order valence-corrected chi connectivity index (χ0v) is 27.8. The number of nitrogens with zero attached hydrogens (tertiary/aromatic N) is 3. The minimum Gasteiger partial charge on any atom is -0.383 e. The van der Waals surface area contributed by atoms with Crippen LogP contribution in [0.2, 0.25) is 0 Å². The van der Waals surface area contributed by atoms with Gasteiger partial charge in [-0.05, 0) is 66.1 Å². The Morgan fingerprint density at radius 3 is 2.45 bits per heavy atom. The highest BCUT2D eigenvalue weighted by Crippen LogP contribution is 2.34. The van der Waals surface area contributed by atoms with Crippen LogP contribution in [0.1, 0.15) is 73.4 Å². The van der Waals surface area contributed by atoms with Gasteiger partial charge in [0.1, 0.15) is 6.54 Å². The van der Waals surface area contributed by atoms with E-state index >= 15 is 9.18 Å². The van der Waals surface area contributed by atoms with Gasteiger partial charge in [-0.2, -0.15) is 13.2 Å². The van der Waals surface area contributed by atoms with Crippen molar-refractivity contribution in [2.45, 2.75) is 55.7 Å². The monoisotopic (exact) mass is 777 g/mol. The Labute approximate surface area is 348 Å². The number of thioether (sulfide) groups is 1. The molecular weight excluding hydrogens is 710 g/mol. The van der Waals surface area contributed by atoms with Crippen LogP contribution in [0.4, 0.5) is 22.0 Å². The Morgan fingerprint density at radius 1 is 1.02 bits per heavy atom. The number of likely N-dealkylation sites (tertiary alicyclic amines) is 1. The van der Waals surface area contributed by atoms with E-state index in [-0.39, 0.29) is 16.3 Å². The number of alkyl halides is 3. The van der Waals surface area contributed by atoms with E-state index in [0.29, 0.717) is 6.92 Å². The quantitative estimate of drug-likeness (QED) is 0.0938. The first kappa shape index (κ1) is 16.5. The zero-order chi connectivity index (χ0) is 62.4. The molecule has 12 heteroatoms. The number of aromatic nitrogens is 1. The standard InChI is InChI=1S/C41H40F5N3O3S/c1-27-22-30(14-15-34(27)41(44,45)46)29-12-10-28(11-13-29)24-48(32-16-18-47(19-17-32)20-21-52-2)38(51)25-49-36-9-4-3-7-33(36)37(50)23-39(49)53-26-31-6-5-8-35(42)40(31)43/h3-15,22-23,32H,16-21,24-26H2,1-2H3/i3D,4D,5D,6D,7D,8D,9D,10D,11D,12D,13D,14D,15D,16D2,17D2,18D2,19D2,20D2,22D,23D,24D2,32D. The average molecular weight is 778 g/mol. The molecule has 1 aliphatic rings.